The van der Waals surface area contributed by atoms with Crippen molar-refractivity contribution in [2.45, 2.75) is 58.9 Å². The summed E-state index contributed by atoms with van der Waals surface area (Å²) in [7, 11) is 0. The fourth-order valence-corrected chi connectivity index (χ4v) is 5.36. The van der Waals surface area contributed by atoms with Crippen LogP contribution in [0.2, 0.25) is 10.0 Å². The summed E-state index contributed by atoms with van der Waals surface area (Å²) in [6.45, 7) is 8.38. The third kappa shape index (κ3) is 4.43. The van der Waals surface area contributed by atoms with Gasteiger partial charge in [-0.2, -0.15) is 0 Å². The number of amides is 1. The number of ether oxygens (including phenoxy) is 1. The van der Waals surface area contributed by atoms with Gasteiger partial charge in [0.05, 0.1) is 11.6 Å². The summed E-state index contributed by atoms with van der Waals surface area (Å²) in [5.41, 5.74) is 0.622. The quantitative estimate of drug-likeness (QED) is 0.621. The first-order chi connectivity index (χ1) is 11.7. The fraction of sp³-hybridized carbons (Fsp3) is 0.650. The van der Waals surface area contributed by atoms with Gasteiger partial charge in [-0.1, -0.05) is 44.0 Å². The van der Waals surface area contributed by atoms with E-state index in [1.165, 1.54) is 6.42 Å². The van der Waals surface area contributed by atoms with Gasteiger partial charge in [0.15, 0.2) is 0 Å². The number of carbonyl (C=O) groups is 1. The zero-order valence-electron chi connectivity index (χ0n) is 15.3. The Labute approximate surface area is 160 Å². The van der Waals surface area contributed by atoms with Crippen LogP contribution in [0.3, 0.4) is 0 Å². The van der Waals surface area contributed by atoms with Gasteiger partial charge in [0.2, 0.25) is 5.91 Å². The third-order valence-corrected chi connectivity index (χ3v) is 5.95. The number of rotatable bonds is 5. The average molecular weight is 384 g/mol. The Morgan fingerprint density at radius 3 is 2.76 bits per heavy atom. The van der Waals surface area contributed by atoms with Gasteiger partial charge in [0.25, 0.3) is 0 Å². The number of hydrogen-bond donors (Lipinski definition) is 0. The average Bonchev–Trinajstić information content (AvgIpc) is 2.74. The molecule has 1 aromatic rings. The Kier molecular flexibility index (Phi) is 5.28. The predicted molar refractivity (Wildman–Crippen MR) is 102 cm³/mol. The standard InChI is InChI=1S/C20H27Cl2NO2/c1-19(2)10-15-11-20(3,12-19)13-23(15)18(24)5-4-8-25-17-7-6-14(21)9-16(17)22/h6-7,9,15H,4-5,8,10-13H2,1-3H3. The number of halogens is 2. The molecule has 1 aliphatic heterocycles. The molecule has 138 valence electrons. The number of hydrogen-bond acceptors (Lipinski definition) is 2. The second-order valence-electron chi connectivity index (χ2n) is 8.76. The number of likely N-dealkylation sites (tertiary alicyclic amines) is 1. The molecule has 1 aliphatic carbocycles. The molecule has 1 aromatic carbocycles. The van der Waals surface area contributed by atoms with Crippen LogP contribution in [0.5, 0.6) is 5.75 Å². The Balaban J connectivity index is 1.49. The van der Waals surface area contributed by atoms with Crippen LogP contribution in [-0.2, 0) is 4.79 Å². The minimum atomic E-state index is 0.261. The highest BCUT2D eigenvalue weighted by molar-refractivity contribution is 6.35. The summed E-state index contributed by atoms with van der Waals surface area (Å²) < 4.78 is 5.68. The van der Waals surface area contributed by atoms with E-state index in [9.17, 15) is 4.79 Å². The molecule has 1 saturated heterocycles. The van der Waals surface area contributed by atoms with Crippen LogP contribution in [0, 0.1) is 10.8 Å². The normalized spacial score (nSPS) is 27.4. The van der Waals surface area contributed by atoms with Gasteiger partial charge in [-0.15, -0.1) is 0 Å². The van der Waals surface area contributed by atoms with Crippen molar-refractivity contribution in [3.63, 3.8) is 0 Å². The molecule has 2 aliphatic rings. The zero-order valence-corrected chi connectivity index (χ0v) is 16.8. The van der Waals surface area contributed by atoms with E-state index in [0.717, 1.165) is 19.4 Å². The number of benzene rings is 1. The molecule has 0 spiro atoms. The maximum absolute atomic E-state index is 12.7. The van der Waals surface area contributed by atoms with Gasteiger partial charge >= 0.3 is 0 Å². The van der Waals surface area contributed by atoms with Crippen molar-refractivity contribution >= 4 is 29.1 Å². The minimum absolute atomic E-state index is 0.261. The Morgan fingerprint density at radius 2 is 2.04 bits per heavy atom. The van der Waals surface area contributed by atoms with Crippen LogP contribution < -0.4 is 4.74 Å². The van der Waals surface area contributed by atoms with E-state index in [0.29, 0.717) is 46.7 Å². The summed E-state index contributed by atoms with van der Waals surface area (Å²) in [6, 6.07) is 5.59. The summed E-state index contributed by atoms with van der Waals surface area (Å²) in [5, 5.41) is 1.09. The highest BCUT2D eigenvalue weighted by atomic mass is 35.5. The van der Waals surface area contributed by atoms with Crippen LogP contribution in [0.15, 0.2) is 18.2 Å². The molecule has 1 heterocycles. The minimum Gasteiger partial charge on any atom is -0.492 e. The van der Waals surface area contributed by atoms with E-state index in [2.05, 4.69) is 25.7 Å². The summed E-state index contributed by atoms with van der Waals surface area (Å²) in [4.78, 5) is 14.8. The van der Waals surface area contributed by atoms with Gasteiger partial charge in [-0.3, -0.25) is 4.79 Å². The van der Waals surface area contributed by atoms with Crippen LogP contribution in [0.1, 0.15) is 52.9 Å². The summed E-state index contributed by atoms with van der Waals surface area (Å²) in [6.07, 6.45) is 4.70. The lowest BCUT2D eigenvalue weighted by atomic mass is 9.65. The SMILES string of the molecule is CC1(C)CC2CC(C)(CN2C(=O)CCCOc2ccc(Cl)cc2Cl)C1. The lowest BCUT2D eigenvalue weighted by Gasteiger charge is -2.39. The van der Waals surface area contributed by atoms with Crippen LogP contribution in [-0.4, -0.2) is 30.0 Å². The van der Waals surface area contributed by atoms with Crippen LogP contribution in [0.4, 0.5) is 0 Å². The molecular formula is C20H27Cl2NO2. The van der Waals surface area contributed by atoms with E-state index in [4.69, 9.17) is 27.9 Å². The topological polar surface area (TPSA) is 29.5 Å². The second-order valence-corrected chi connectivity index (χ2v) is 9.61. The molecule has 3 nitrogen and oxygen atoms in total. The van der Waals surface area contributed by atoms with Gasteiger partial charge in [-0.25, -0.2) is 0 Å². The molecule has 2 fully saturated rings. The van der Waals surface area contributed by atoms with Gasteiger partial charge in [-0.05, 0) is 54.7 Å². The highest BCUT2D eigenvalue weighted by Crippen LogP contribution is 2.52. The first-order valence-electron chi connectivity index (χ1n) is 9.05. The lowest BCUT2D eigenvalue weighted by molar-refractivity contribution is -0.132. The molecule has 1 saturated carbocycles. The van der Waals surface area contributed by atoms with Gasteiger partial charge in [0, 0.05) is 24.0 Å². The number of nitrogens with zero attached hydrogens (tertiary/aromatic N) is 1. The Morgan fingerprint density at radius 1 is 1.28 bits per heavy atom. The molecule has 0 N–H and O–H groups in total. The maximum atomic E-state index is 12.7. The van der Waals surface area contributed by atoms with Gasteiger partial charge in [0.1, 0.15) is 5.75 Å². The molecule has 25 heavy (non-hydrogen) atoms. The molecule has 0 aromatic heterocycles. The van der Waals surface area contributed by atoms with Gasteiger partial charge < -0.3 is 9.64 Å². The molecule has 2 bridgehead atoms. The monoisotopic (exact) mass is 383 g/mol. The van der Waals surface area contributed by atoms with Crippen molar-refractivity contribution in [2.75, 3.05) is 13.2 Å². The molecule has 0 radical (unpaired) electrons. The van der Waals surface area contributed by atoms with Crippen molar-refractivity contribution in [2.24, 2.45) is 10.8 Å². The second kappa shape index (κ2) is 7.00. The van der Waals surface area contributed by atoms with Crippen molar-refractivity contribution in [3.8, 4) is 5.75 Å². The first-order valence-corrected chi connectivity index (χ1v) is 9.80. The van der Waals surface area contributed by atoms with E-state index in [-0.39, 0.29) is 11.3 Å². The fourth-order valence-electron chi connectivity index (χ4n) is 4.89. The van der Waals surface area contributed by atoms with Crippen LogP contribution in [0.25, 0.3) is 0 Å². The van der Waals surface area contributed by atoms with Crippen molar-refractivity contribution in [3.05, 3.63) is 28.2 Å². The lowest BCUT2D eigenvalue weighted by Crippen LogP contribution is -2.37. The maximum Gasteiger partial charge on any atom is 0.222 e. The molecular weight excluding hydrogens is 357 g/mol. The van der Waals surface area contributed by atoms with E-state index < -0.39 is 0 Å². The number of fused-ring (bicyclic) bond motifs is 2. The largest absolute Gasteiger partial charge is 0.492 e. The van der Waals surface area contributed by atoms with E-state index in [1.54, 1.807) is 18.2 Å². The Bertz CT molecular complexity index is 661. The van der Waals surface area contributed by atoms with Crippen molar-refractivity contribution in [1.82, 2.24) is 4.90 Å². The predicted octanol–water partition coefficient (Wildman–Crippen LogP) is 5.58. The van der Waals surface area contributed by atoms with Crippen molar-refractivity contribution < 1.29 is 9.53 Å². The molecule has 2 atom stereocenters. The molecule has 1 amide bonds. The molecule has 5 heteroatoms. The smallest absolute Gasteiger partial charge is 0.222 e. The highest BCUT2D eigenvalue weighted by Gasteiger charge is 2.50. The van der Waals surface area contributed by atoms with Crippen LogP contribution >= 0.6 is 23.2 Å². The third-order valence-electron chi connectivity index (χ3n) is 5.42. The number of carbonyl (C=O) groups excluding carboxylic acids is 1. The van der Waals surface area contributed by atoms with Crippen molar-refractivity contribution in [1.29, 1.82) is 0 Å². The Hall–Kier alpha value is -0.930. The van der Waals surface area contributed by atoms with E-state index >= 15 is 0 Å². The molecule has 3 rings (SSSR count). The zero-order chi connectivity index (χ0) is 18.2. The first kappa shape index (κ1) is 18.8. The summed E-state index contributed by atoms with van der Waals surface area (Å²) >= 11 is 12.0. The van der Waals surface area contributed by atoms with E-state index in [1.807, 2.05) is 0 Å². The summed E-state index contributed by atoms with van der Waals surface area (Å²) in [5.74, 6) is 0.877. The molecule has 2 unspecified atom stereocenters.